The third kappa shape index (κ3) is 5.03. The summed E-state index contributed by atoms with van der Waals surface area (Å²) < 4.78 is 4.81. The fraction of sp³-hybridized carbons (Fsp3) is 0.429. The SMILES string of the molecule is CCOC(=O)CCN(C)C(=O)c1csc(C#CCO)c1. The Hall–Kier alpha value is -1.84. The number of aliphatic hydroxyl groups excluding tert-OH is 1. The lowest BCUT2D eigenvalue weighted by Gasteiger charge is -2.15. The van der Waals surface area contributed by atoms with Crippen molar-refractivity contribution in [3.8, 4) is 11.8 Å². The van der Waals surface area contributed by atoms with E-state index >= 15 is 0 Å². The minimum atomic E-state index is -0.313. The summed E-state index contributed by atoms with van der Waals surface area (Å²) in [6.45, 7) is 2.19. The number of carbonyl (C=O) groups is 2. The van der Waals surface area contributed by atoms with Crippen LogP contribution < -0.4 is 0 Å². The van der Waals surface area contributed by atoms with E-state index in [0.717, 1.165) is 4.88 Å². The molecule has 0 unspecified atom stereocenters. The van der Waals surface area contributed by atoms with Crippen LogP contribution in [0.3, 0.4) is 0 Å². The second-order valence-corrected chi connectivity index (χ2v) is 4.85. The summed E-state index contributed by atoms with van der Waals surface area (Å²) in [4.78, 5) is 25.5. The molecule has 5 nitrogen and oxygen atoms in total. The van der Waals surface area contributed by atoms with E-state index in [2.05, 4.69) is 11.8 Å². The van der Waals surface area contributed by atoms with Crippen LogP contribution in [0.1, 0.15) is 28.6 Å². The molecule has 1 rings (SSSR count). The molecule has 1 amide bonds. The molecule has 0 saturated heterocycles. The van der Waals surface area contributed by atoms with Gasteiger partial charge in [-0.25, -0.2) is 0 Å². The van der Waals surface area contributed by atoms with Gasteiger partial charge in [0.1, 0.15) is 6.61 Å². The largest absolute Gasteiger partial charge is 0.466 e. The van der Waals surface area contributed by atoms with Gasteiger partial charge in [-0.3, -0.25) is 9.59 Å². The van der Waals surface area contributed by atoms with E-state index < -0.39 is 0 Å². The van der Waals surface area contributed by atoms with E-state index in [4.69, 9.17) is 9.84 Å². The van der Waals surface area contributed by atoms with Crippen molar-refractivity contribution < 1.29 is 19.4 Å². The smallest absolute Gasteiger partial charge is 0.307 e. The van der Waals surface area contributed by atoms with E-state index in [1.54, 1.807) is 25.4 Å². The summed E-state index contributed by atoms with van der Waals surface area (Å²) in [7, 11) is 1.64. The van der Waals surface area contributed by atoms with Gasteiger partial charge in [0.25, 0.3) is 5.91 Å². The maximum absolute atomic E-state index is 12.1. The quantitative estimate of drug-likeness (QED) is 0.653. The molecular formula is C14H17NO4S. The lowest BCUT2D eigenvalue weighted by molar-refractivity contribution is -0.143. The number of nitrogens with zero attached hydrogens (tertiary/aromatic N) is 1. The van der Waals surface area contributed by atoms with Gasteiger partial charge in [-0.15, -0.1) is 11.3 Å². The molecule has 1 aromatic heterocycles. The summed E-state index contributed by atoms with van der Waals surface area (Å²) in [6, 6.07) is 1.68. The summed E-state index contributed by atoms with van der Waals surface area (Å²) in [5.41, 5.74) is 0.531. The predicted molar refractivity (Wildman–Crippen MR) is 76.5 cm³/mol. The molecule has 0 aliphatic carbocycles. The normalized spacial score (nSPS) is 9.55. The number of rotatable bonds is 5. The van der Waals surface area contributed by atoms with E-state index in [-0.39, 0.29) is 24.9 Å². The van der Waals surface area contributed by atoms with Crippen LogP contribution in [-0.4, -0.2) is 48.7 Å². The van der Waals surface area contributed by atoms with Crippen molar-refractivity contribution in [3.63, 3.8) is 0 Å². The first-order valence-electron chi connectivity index (χ1n) is 6.17. The minimum absolute atomic E-state index is 0.164. The molecular weight excluding hydrogens is 278 g/mol. The van der Waals surface area contributed by atoms with Crippen LogP contribution in [0.25, 0.3) is 0 Å². The van der Waals surface area contributed by atoms with E-state index in [9.17, 15) is 9.59 Å². The first-order chi connectivity index (χ1) is 9.58. The van der Waals surface area contributed by atoms with Gasteiger partial charge in [-0.1, -0.05) is 11.8 Å². The number of hydrogen-bond acceptors (Lipinski definition) is 5. The molecule has 0 aliphatic rings. The average Bonchev–Trinajstić information content (AvgIpc) is 2.90. The lowest BCUT2D eigenvalue weighted by atomic mass is 10.2. The van der Waals surface area contributed by atoms with Crippen LogP contribution in [0.5, 0.6) is 0 Å². The van der Waals surface area contributed by atoms with Gasteiger partial charge in [0.2, 0.25) is 0 Å². The van der Waals surface area contributed by atoms with Crippen LogP contribution >= 0.6 is 11.3 Å². The molecule has 1 heterocycles. The highest BCUT2D eigenvalue weighted by Gasteiger charge is 2.14. The van der Waals surface area contributed by atoms with Gasteiger partial charge in [0.15, 0.2) is 0 Å². The number of thiophene rings is 1. The number of esters is 1. The monoisotopic (exact) mass is 295 g/mol. The fourth-order valence-corrected chi connectivity index (χ4v) is 2.20. The van der Waals surface area contributed by atoms with Gasteiger partial charge in [0.05, 0.1) is 23.5 Å². The Labute approximate surface area is 122 Å². The topological polar surface area (TPSA) is 66.8 Å². The fourth-order valence-electron chi connectivity index (χ4n) is 1.45. The molecule has 0 aliphatic heterocycles. The van der Waals surface area contributed by atoms with Crippen LogP contribution in [0.2, 0.25) is 0 Å². The highest BCUT2D eigenvalue weighted by molar-refractivity contribution is 7.10. The van der Waals surface area contributed by atoms with Crippen molar-refractivity contribution in [3.05, 3.63) is 21.9 Å². The van der Waals surface area contributed by atoms with Crippen molar-refractivity contribution in [2.75, 3.05) is 26.8 Å². The first kappa shape index (κ1) is 16.2. The molecule has 0 radical (unpaired) electrons. The summed E-state index contributed by atoms with van der Waals surface area (Å²) in [6.07, 6.45) is 0.178. The molecule has 0 aromatic carbocycles. The third-order valence-electron chi connectivity index (χ3n) is 2.44. The van der Waals surface area contributed by atoms with Crippen molar-refractivity contribution in [2.24, 2.45) is 0 Å². The molecule has 0 atom stereocenters. The molecule has 0 spiro atoms. The minimum Gasteiger partial charge on any atom is -0.466 e. The Bertz CT molecular complexity index is 527. The number of hydrogen-bond donors (Lipinski definition) is 1. The van der Waals surface area contributed by atoms with Crippen molar-refractivity contribution in [1.29, 1.82) is 0 Å². The predicted octanol–water partition coefficient (Wildman–Crippen LogP) is 1.12. The standard InChI is InChI=1S/C14H17NO4S/c1-3-19-13(17)6-7-15(2)14(18)11-9-12(20-10-11)5-4-8-16/h9-10,16H,3,6-8H2,1-2H3. The third-order valence-corrected chi connectivity index (χ3v) is 3.29. The summed E-state index contributed by atoms with van der Waals surface area (Å²) in [5.74, 6) is 4.80. The van der Waals surface area contributed by atoms with Crippen LogP contribution in [0.15, 0.2) is 11.4 Å². The molecule has 0 saturated carbocycles. The van der Waals surface area contributed by atoms with Crippen molar-refractivity contribution in [2.45, 2.75) is 13.3 Å². The zero-order valence-corrected chi connectivity index (χ0v) is 12.3. The van der Waals surface area contributed by atoms with E-state index in [0.29, 0.717) is 18.7 Å². The number of amides is 1. The van der Waals surface area contributed by atoms with Crippen LogP contribution in [0, 0.1) is 11.8 Å². The second-order valence-electron chi connectivity index (χ2n) is 3.94. The number of carbonyl (C=O) groups excluding carboxylic acids is 2. The Balaban J connectivity index is 2.56. The molecule has 20 heavy (non-hydrogen) atoms. The van der Waals surface area contributed by atoms with Gasteiger partial charge >= 0.3 is 5.97 Å². The van der Waals surface area contributed by atoms with Crippen molar-refractivity contribution >= 4 is 23.2 Å². The highest BCUT2D eigenvalue weighted by atomic mass is 32.1. The molecule has 0 fully saturated rings. The maximum atomic E-state index is 12.1. The molecule has 6 heteroatoms. The Morgan fingerprint density at radius 3 is 2.90 bits per heavy atom. The number of aliphatic hydroxyl groups is 1. The second kappa shape index (κ2) is 8.35. The summed E-state index contributed by atoms with van der Waals surface area (Å²) in [5, 5.41) is 10.3. The van der Waals surface area contributed by atoms with E-state index in [1.165, 1.54) is 16.2 Å². The maximum Gasteiger partial charge on any atom is 0.307 e. The Morgan fingerprint density at radius 1 is 1.50 bits per heavy atom. The van der Waals surface area contributed by atoms with Gasteiger partial charge in [0, 0.05) is 19.0 Å². The van der Waals surface area contributed by atoms with Gasteiger partial charge < -0.3 is 14.7 Å². The van der Waals surface area contributed by atoms with Gasteiger partial charge in [-0.2, -0.15) is 0 Å². The Kier molecular flexibility index (Phi) is 6.77. The number of ether oxygens (including phenoxy) is 1. The summed E-state index contributed by atoms with van der Waals surface area (Å²) >= 11 is 1.34. The lowest BCUT2D eigenvalue weighted by Crippen LogP contribution is -2.29. The van der Waals surface area contributed by atoms with E-state index in [1.807, 2.05) is 0 Å². The molecule has 0 bridgehead atoms. The first-order valence-corrected chi connectivity index (χ1v) is 7.05. The molecule has 1 aromatic rings. The Morgan fingerprint density at radius 2 is 2.25 bits per heavy atom. The zero-order valence-electron chi connectivity index (χ0n) is 11.5. The highest BCUT2D eigenvalue weighted by Crippen LogP contribution is 2.15. The van der Waals surface area contributed by atoms with Crippen LogP contribution in [0.4, 0.5) is 0 Å². The average molecular weight is 295 g/mol. The zero-order chi connectivity index (χ0) is 15.0. The van der Waals surface area contributed by atoms with Gasteiger partial charge in [-0.05, 0) is 13.0 Å². The molecule has 108 valence electrons. The van der Waals surface area contributed by atoms with Crippen LogP contribution in [-0.2, 0) is 9.53 Å². The molecule has 1 N–H and O–H groups in total. The van der Waals surface area contributed by atoms with Crippen molar-refractivity contribution in [1.82, 2.24) is 4.90 Å².